The van der Waals surface area contributed by atoms with E-state index in [0.717, 1.165) is 16.2 Å². The molecule has 1 nitrogen and oxygen atoms in total. The summed E-state index contributed by atoms with van der Waals surface area (Å²) in [6, 6.07) is 0. The molecule has 0 saturated carbocycles. The van der Waals surface area contributed by atoms with Crippen LogP contribution in [0.3, 0.4) is 0 Å². The van der Waals surface area contributed by atoms with Crippen molar-refractivity contribution >= 4 is 81.0 Å². The van der Waals surface area contributed by atoms with Gasteiger partial charge in [0.15, 0.2) is 0 Å². The molecule has 0 bridgehead atoms. The molecule has 0 amide bonds. The van der Waals surface area contributed by atoms with E-state index in [9.17, 15) is 0 Å². The summed E-state index contributed by atoms with van der Waals surface area (Å²) in [4.78, 5) is 4.32. The number of rotatable bonds is 0. The minimum absolute atomic E-state index is 0.991. The summed E-state index contributed by atoms with van der Waals surface area (Å²) in [5.41, 5.74) is 2.00. The second-order valence-corrected chi connectivity index (χ2v) is 5.35. The molecule has 0 aliphatic carbocycles. The van der Waals surface area contributed by atoms with Crippen LogP contribution in [0, 0.1) is 3.57 Å². The maximum atomic E-state index is 4.32. The van der Waals surface area contributed by atoms with Crippen molar-refractivity contribution in [2.45, 2.75) is 0 Å². The van der Waals surface area contributed by atoms with Gasteiger partial charge in [0.05, 0.1) is 10.9 Å². The lowest BCUT2D eigenvalue weighted by atomic mass is 10.5. The van der Waals surface area contributed by atoms with Crippen LogP contribution in [0.15, 0.2) is 0 Å². The van der Waals surface area contributed by atoms with Gasteiger partial charge in [0.2, 0.25) is 0 Å². The lowest BCUT2D eigenvalue weighted by Crippen LogP contribution is -2.34. The molecule has 0 fully saturated rings. The Morgan fingerprint density at radius 2 is 1.45 bits per heavy atom. The van der Waals surface area contributed by atoms with E-state index in [1.54, 1.807) is 0 Å². The van der Waals surface area contributed by atoms with E-state index in [2.05, 4.69) is 64.5 Å². The van der Waals surface area contributed by atoms with Crippen LogP contribution in [-0.2, 0) is 0 Å². The summed E-state index contributed by atoms with van der Waals surface area (Å²) in [7, 11) is 10.6. The minimum Gasteiger partial charge on any atom is -0.248 e. The summed E-state index contributed by atoms with van der Waals surface area (Å²) in [6.07, 6.45) is 0. The van der Waals surface area contributed by atoms with Crippen LogP contribution in [0.2, 0.25) is 0 Å². The van der Waals surface area contributed by atoms with Crippen molar-refractivity contribution in [2.75, 3.05) is 0 Å². The van der Waals surface area contributed by atoms with Crippen LogP contribution < -0.4 is 21.5 Å². The molecule has 4 atom stereocenters. The summed E-state index contributed by atoms with van der Waals surface area (Å²) in [5.74, 6) is 0. The lowest BCUT2D eigenvalue weighted by Gasteiger charge is -2.07. The van der Waals surface area contributed by atoms with E-state index in [-0.39, 0.29) is 0 Å². The van der Waals surface area contributed by atoms with Gasteiger partial charge in [-0.25, -0.2) is 4.98 Å². The molecule has 6 heteroatoms. The highest BCUT2D eigenvalue weighted by atomic mass is 127. The van der Waals surface area contributed by atoms with Crippen molar-refractivity contribution in [3.05, 3.63) is 3.57 Å². The molecule has 1 aromatic heterocycles. The van der Waals surface area contributed by atoms with Gasteiger partial charge in [-0.05, 0) is 27.9 Å². The van der Waals surface area contributed by atoms with E-state index < -0.39 is 0 Å². The van der Waals surface area contributed by atoms with Crippen molar-refractivity contribution in [1.29, 1.82) is 0 Å². The maximum Gasteiger partial charge on any atom is 0.0715 e. The number of hydrogen-bond donors (Lipinski definition) is 0. The molecule has 11 heavy (non-hydrogen) atoms. The van der Waals surface area contributed by atoms with Crippen molar-refractivity contribution in [2.24, 2.45) is 0 Å². The number of nitrogens with zero attached hydrogens (tertiary/aromatic N) is 1. The Labute approximate surface area is 89.2 Å². The Morgan fingerprint density at radius 1 is 0.909 bits per heavy atom. The molecule has 1 aromatic rings. The van der Waals surface area contributed by atoms with Crippen LogP contribution in [0.1, 0.15) is 0 Å². The Kier molecular flexibility index (Phi) is 4.09. The number of aromatic nitrogens is 1. The van der Waals surface area contributed by atoms with Crippen molar-refractivity contribution in [3.63, 3.8) is 0 Å². The molecule has 1 rings (SSSR count). The largest absolute Gasteiger partial charge is 0.248 e. The van der Waals surface area contributed by atoms with E-state index >= 15 is 0 Å². The highest BCUT2D eigenvalue weighted by molar-refractivity contribution is 14.1. The second-order valence-electron chi connectivity index (χ2n) is 2.02. The third-order valence-corrected chi connectivity index (χ3v) is 6.31. The van der Waals surface area contributed by atoms with Gasteiger partial charge in [0, 0.05) is 8.87 Å². The molecule has 0 radical (unpaired) electrons. The first-order valence-corrected chi connectivity index (χ1v) is 6.18. The van der Waals surface area contributed by atoms with Gasteiger partial charge in [-0.2, -0.15) is 0 Å². The molecule has 60 valence electrons. The number of halogens is 1. The second kappa shape index (κ2) is 4.21. The molecule has 0 spiro atoms. The SMILES string of the molecule is Pc1nc(P)c(I)c(P)c1P. The topological polar surface area (TPSA) is 12.9 Å². The Morgan fingerprint density at radius 3 is 2.00 bits per heavy atom. The van der Waals surface area contributed by atoms with Crippen molar-refractivity contribution < 1.29 is 0 Å². The van der Waals surface area contributed by atoms with Gasteiger partial charge < -0.3 is 0 Å². The monoisotopic (exact) mass is 333 g/mol. The molecule has 0 aliphatic rings. The van der Waals surface area contributed by atoms with E-state index in [1.165, 1.54) is 8.87 Å². The van der Waals surface area contributed by atoms with Gasteiger partial charge in [-0.1, -0.05) is 18.5 Å². The van der Waals surface area contributed by atoms with E-state index in [0.29, 0.717) is 0 Å². The Hall–Kier alpha value is 1.60. The fraction of sp³-hybridized carbons (Fsp3) is 0. The number of pyridine rings is 1. The van der Waals surface area contributed by atoms with Crippen molar-refractivity contribution in [3.8, 4) is 0 Å². The zero-order chi connectivity index (χ0) is 8.59. The third-order valence-electron chi connectivity index (χ3n) is 1.27. The highest BCUT2D eigenvalue weighted by Gasteiger charge is 2.06. The molecule has 4 unspecified atom stereocenters. The standard InChI is InChI=1S/C5H8INP4/c6-1-2(8)3(9)5(11)7-4(1)10/h8-11H2. The summed E-state index contributed by atoms with van der Waals surface area (Å²) < 4.78 is 1.19. The predicted octanol–water partition coefficient (Wildman–Crippen LogP) is -0.312. The third kappa shape index (κ3) is 2.29. The average Bonchev–Trinajstić information content (AvgIpc) is 1.97. The van der Waals surface area contributed by atoms with Crippen LogP contribution >= 0.6 is 59.6 Å². The smallest absolute Gasteiger partial charge is 0.0715 e. The van der Waals surface area contributed by atoms with Gasteiger partial charge in [0.1, 0.15) is 0 Å². The molecule has 0 N–H and O–H groups in total. The predicted molar refractivity (Wildman–Crippen MR) is 74.3 cm³/mol. The fourth-order valence-electron chi connectivity index (χ4n) is 0.633. The molecule has 0 saturated heterocycles. The maximum absolute atomic E-state index is 4.32. The zero-order valence-electron chi connectivity index (χ0n) is 5.63. The van der Waals surface area contributed by atoms with Crippen molar-refractivity contribution in [1.82, 2.24) is 4.98 Å². The summed E-state index contributed by atoms with van der Waals surface area (Å²) in [6.45, 7) is 0. The van der Waals surface area contributed by atoms with Gasteiger partial charge >= 0.3 is 0 Å². The van der Waals surface area contributed by atoms with Crippen LogP contribution in [-0.4, -0.2) is 4.98 Å². The molecule has 0 aromatic carbocycles. The highest BCUT2D eigenvalue weighted by Crippen LogP contribution is 2.03. The Bertz CT molecular complexity index is 275. The van der Waals surface area contributed by atoms with E-state index in [4.69, 9.17) is 0 Å². The molecular formula is C5H8INP4. The summed E-state index contributed by atoms with van der Waals surface area (Å²) in [5, 5.41) is 2.36. The quantitative estimate of drug-likeness (QED) is 0.469. The first kappa shape index (κ1) is 10.7. The first-order valence-electron chi connectivity index (χ1n) is 2.79. The number of hydrogen-bond acceptors (Lipinski definition) is 1. The molecule has 0 aliphatic heterocycles. The van der Waals surface area contributed by atoms with Crippen LogP contribution in [0.5, 0.6) is 0 Å². The normalized spacial score (nSPS) is 10.3. The molecular weight excluding hydrogens is 325 g/mol. The van der Waals surface area contributed by atoms with Crippen LogP contribution in [0.4, 0.5) is 0 Å². The molecule has 1 heterocycles. The van der Waals surface area contributed by atoms with Gasteiger partial charge in [-0.15, -0.1) is 18.5 Å². The first-order chi connectivity index (χ1) is 5.04. The minimum atomic E-state index is 0.991. The summed E-state index contributed by atoms with van der Waals surface area (Å²) >= 11 is 2.28. The zero-order valence-corrected chi connectivity index (χ0v) is 12.4. The van der Waals surface area contributed by atoms with Gasteiger partial charge in [0.25, 0.3) is 0 Å². The van der Waals surface area contributed by atoms with Gasteiger partial charge in [-0.3, -0.25) is 0 Å². The van der Waals surface area contributed by atoms with E-state index in [1.807, 2.05) is 0 Å². The fourth-order valence-corrected chi connectivity index (χ4v) is 2.91. The van der Waals surface area contributed by atoms with Crippen LogP contribution in [0.25, 0.3) is 0 Å². The average molecular weight is 333 g/mol. The Balaban J connectivity index is 3.46. The lowest BCUT2D eigenvalue weighted by molar-refractivity contribution is 1.48.